The lowest BCUT2D eigenvalue weighted by molar-refractivity contribution is -0.146. The molecular weight excluding hydrogens is 254 g/mol. The number of rotatable bonds is 7. The number of halogens is 1. The van der Waals surface area contributed by atoms with Crippen molar-refractivity contribution in [3.05, 3.63) is 28.8 Å². The van der Waals surface area contributed by atoms with E-state index < -0.39 is 0 Å². The summed E-state index contributed by atoms with van der Waals surface area (Å²) in [4.78, 5) is 11.3. The van der Waals surface area contributed by atoms with Crippen LogP contribution in [0, 0.1) is 0 Å². The third-order valence-electron chi connectivity index (χ3n) is 2.34. The molecule has 0 fully saturated rings. The average molecular weight is 272 g/mol. The molecule has 0 aromatic heterocycles. The van der Waals surface area contributed by atoms with E-state index in [4.69, 9.17) is 26.8 Å². The van der Waals surface area contributed by atoms with Crippen LogP contribution in [-0.2, 0) is 16.1 Å². The van der Waals surface area contributed by atoms with Crippen LogP contribution in [0.15, 0.2) is 18.2 Å². The van der Waals surface area contributed by atoms with Gasteiger partial charge in [-0.1, -0.05) is 31.0 Å². The molecular formula is C13H18ClNO3. The predicted octanol–water partition coefficient (Wildman–Crippen LogP) is 2.52. The molecule has 0 atom stereocenters. The number of carbonyl (C=O) groups is 1. The third-order valence-corrected chi connectivity index (χ3v) is 2.63. The van der Waals surface area contributed by atoms with E-state index in [-0.39, 0.29) is 12.6 Å². The van der Waals surface area contributed by atoms with Crippen LogP contribution in [0.4, 0.5) is 0 Å². The number of hydrogen-bond acceptors (Lipinski definition) is 4. The van der Waals surface area contributed by atoms with Crippen LogP contribution in [0.5, 0.6) is 5.75 Å². The zero-order chi connectivity index (χ0) is 13.4. The van der Waals surface area contributed by atoms with Crippen molar-refractivity contribution >= 4 is 17.6 Å². The number of unbranched alkanes of at least 4 members (excludes halogenated alkanes) is 1. The van der Waals surface area contributed by atoms with Gasteiger partial charge in [-0.15, -0.1) is 0 Å². The average Bonchev–Trinajstić information content (AvgIpc) is 2.37. The lowest BCUT2D eigenvalue weighted by Gasteiger charge is -2.09. The van der Waals surface area contributed by atoms with Gasteiger partial charge < -0.3 is 15.2 Å². The maximum absolute atomic E-state index is 11.3. The highest BCUT2D eigenvalue weighted by Crippen LogP contribution is 2.25. The van der Waals surface area contributed by atoms with Gasteiger partial charge in [0.25, 0.3) is 0 Å². The molecule has 1 rings (SSSR count). The van der Waals surface area contributed by atoms with Gasteiger partial charge in [-0.3, -0.25) is 0 Å². The van der Waals surface area contributed by atoms with E-state index in [1.54, 1.807) is 12.1 Å². The zero-order valence-corrected chi connectivity index (χ0v) is 11.2. The van der Waals surface area contributed by atoms with Crippen LogP contribution in [0.25, 0.3) is 0 Å². The van der Waals surface area contributed by atoms with E-state index >= 15 is 0 Å². The van der Waals surface area contributed by atoms with Crippen LogP contribution >= 0.6 is 11.6 Å². The second-order valence-corrected chi connectivity index (χ2v) is 4.24. The SMILES string of the molecule is CCCCOC(=O)COc1ccc(CN)cc1Cl. The molecule has 0 amide bonds. The highest BCUT2D eigenvalue weighted by molar-refractivity contribution is 6.32. The van der Waals surface area contributed by atoms with Crippen molar-refractivity contribution in [2.24, 2.45) is 5.73 Å². The van der Waals surface area contributed by atoms with Crippen LogP contribution in [0.2, 0.25) is 5.02 Å². The van der Waals surface area contributed by atoms with Gasteiger partial charge >= 0.3 is 5.97 Å². The van der Waals surface area contributed by atoms with Crippen LogP contribution < -0.4 is 10.5 Å². The lowest BCUT2D eigenvalue weighted by Crippen LogP contribution is -2.15. The van der Waals surface area contributed by atoms with Gasteiger partial charge in [0.1, 0.15) is 5.75 Å². The van der Waals surface area contributed by atoms with Crippen molar-refractivity contribution in [2.45, 2.75) is 26.3 Å². The summed E-state index contributed by atoms with van der Waals surface area (Å²) in [7, 11) is 0. The molecule has 0 bridgehead atoms. The Labute approximate surface area is 112 Å². The Kier molecular flexibility index (Phi) is 6.54. The Morgan fingerprint density at radius 2 is 2.22 bits per heavy atom. The Bertz CT molecular complexity index is 396. The third kappa shape index (κ3) is 4.94. The highest BCUT2D eigenvalue weighted by atomic mass is 35.5. The summed E-state index contributed by atoms with van der Waals surface area (Å²) in [5, 5.41) is 0.444. The van der Waals surface area contributed by atoms with E-state index in [9.17, 15) is 4.79 Å². The largest absolute Gasteiger partial charge is 0.480 e. The second kappa shape index (κ2) is 7.95. The van der Waals surface area contributed by atoms with Gasteiger partial charge in [-0.2, -0.15) is 0 Å². The Morgan fingerprint density at radius 1 is 1.44 bits per heavy atom. The monoisotopic (exact) mass is 271 g/mol. The molecule has 0 unspecified atom stereocenters. The molecule has 0 radical (unpaired) electrons. The number of hydrogen-bond donors (Lipinski definition) is 1. The summed E-state index contributed by atoms with van der Waals surface area (Å²) >= 11 is 5.99. The summed E-state index contributed by atoms with van der Waals surface area (Å²) in [5.74, 6) is 0.0729. The van der Waals surface area contributed by atoms with Crippen LogP contribution in [-0.4, -0.2) is 19.2 Å². The molecule has 1 aromatic carbocycles. The molecule has 100 valence electrons. The van der Waals surface area contributed by atoms with Crippen LogP contribution in [0.1, 0.15) is 25.3 Å². The summed E-state index contributed by atoms with van der Waals surface area (Å²) < 4.78 is 10.2. The Hall–Kier alpha value is -1.26. The van der Waals surface area contributed by atoms with Crippen molar-refractivity contribution in [1.29, 1.82) is 0 Å². The van der Waals surface area contributed by atoms with E-state index in [1.165, 1.54) is 0 Å². The van der Waals surface area contributed by atoms with Gasteiger partial charge in [0.05, 0.1) is 11.6 Å². The molecule has 0 aliphatic heterocycles. The standard InChI is InChI=1S/C13H18ClNO3/c1-2-3-6-17-13(16)9-18-12-5-4-10(8-15)7-11(12)14/h4-5,7H,2-3,6,8-9,15H2,1H3. The fraction of sp³-hybridized carbons (Fsp3) is 0.462. The number of esters is 1. The van der Waals surface area contributed by atoms with E-state index in [0.29, 0.717) is 23.9 Å². The van der Waals surface area contributed by atoms with Crippen molar-refractivity contribution in [1.82, 2.24) is 0 Å². The molecule has 0 heterocycles. The smallest absolute Gasteiger partial charge is 0.344 e. The predicted molar refractivity (Wildman–Crippen MR) is 70.7 cm³/mol. The van der Waals surface area contributed by atoms with Gasteiger partial charge in [-0.25, -0.2) is 4.79 Å². The maximum Gasteiger partial charge on any atom is 0.344 e. The maximum atomic E-state index is 11.3. The first-order valence-electron chi connectivity index (χ1n) is 5.94. The van der Waals surface area contributed by atoms with Gasteiger partial charge in [0.2, 0.25) is 0 Å². The number of benzene rings is 1. The molecule has 4 nitrogen and oxygen atoms in total. The molecule has 18 heavy (non-hydrogen) atoms. The topological polar surface area (TPSA) is 61.5 Å². The normalized spacial score (nSPS) is 10.2. The minimum atomic E-state index is -0.387. The highest BCUT2D eigenvalue weighted by Gasteiger charge is 2.07. The summed E-state index contributed by atoms with van der Waals surface area (Å²) in [6, 6.07) is 5.23. The van der Waals surface area contributed by atoms with Crippen molar-refractivity contribution in [3.63, 3.8) is 0 Å². The fourth-order valence-electron chi connectivity index (χ4n) is 1.30. The van der Waals surface area contributed by atoms with Crippen molar-refractivity contribution in [3.8, 4) is 5.75 Å². The molecule has 1 aromatic rings. The van der Waals surface area contributed by atoms with E-state index in [0.717, 1.165) is 18.4 Å². The van der Waals surface area contributed by atoms with Gasteiger partial charge in [0, 0.05) is 6.54 Å². The molecule has 0 saturated heterocycles. The second-order valence-electron chi connectivity index (χ2n) is 3.83. The first-order valence-corrected chi connectivity index (χ1v) is 6.32. The molecule has 0 spiro atoms. The zero-order valence-electron chi connectivity index (χ0n) is 10.4. The summed E-state index contributed by atoms with van der Waals surface area (Å²) in [6.07, 6.45) is 1.85. The Balaban J connectivity index is 2.41. The quantitative estimate of drug-likeness (QED) is 0.611. The van der Waals surface area contributed by atoms with Gasteiger partial charge in [0.15, 0.2) is 6.61 Å². The molecule has 5 heteroatoms. The van der Waals surface area contributed by atoms with Crippen molar-refractivity contribution < 1.29 is 14.3 Å². The first-order chi connectivity index (χ1) is 8.67. The first kappa shape index (κ1) is 14.8. The van der Waals surface area contributed by atoms with E-state index in [1.807, 2.05) is 13.0 Å². The molecule has 0 aliphatic rings. The van der Waals surface area contributed by atoms with E-state index in [2.05, 4.69) is 0 Å². The van der Waals surface area contributed by atoms with Crippen molar-refractivity contribution in [2.75, 3.05) is 13.2 Å². The lowest BCUT2D eigenvalue weighted by atomic mass is 10.2. The number of carbonyl (C=O) groups excluding carboxylic acids is 1. The van der Waals surface area contributed by atoms with Gasteiger partial charge in [-0.05, 0) is 24.1 Å². The minimum absolute atomic E-state index is 0.134. The Morgan fingerprint density at radius 3 is 2.83 bits per heavy atom. The van der Waals surface area contributed by atoms with Crippen LogP contribution in [0.3, 0.4) is 0 Å². The fourth-order valence-corrected chi connectivity index (χ4v) is 1.55. The number of nitrogens with two attached hydrogens (primary N) is 1. The minimum Gasteiger partial charge on any atom is -0.480 e. The molecule has 2 N–H and O–H groups in total. The molecule has 0 saturated carbocycles. The summed E-state index contributed by atoms with van der Waals surface area (Å²) in [6.45, 7) is 2.74. The summed E-state index contributed by atoms with van der Waals surface area (Å²) in [5.41, 5.74) is 6.40. The molecule has 0 aliphatic carbocycles. The number of ether oxygens (including phenoxy) is 2.